The number of nitrogens with zero attached hydrogens (tertiary/aromatic N) is 4. The minimum Gasteiger partial charge on any atom is -0.411 e. The van der Waals surface area contributed by atoms with Crippen molar-refractivity contribution in [2.24, 2.45) is 5.10 Å². The van der Waals surface area contributed by atoms with E-state index in [-0.39, 0.29) is 11.7 Å². The lowest BCUT2D eigenvalue weighted by Crippen LogP contribution is -2.25. The van der Waals surface area contributed by atoms with Crippen LogP contribution in [0, 0.1) is 13.8 Å². The highest BCUT2D eigenvalue weighted by Crippen LogP contribution is 2.25. The van der Waals surface area contributed by atoms with E-state index < -0.39 is 0 Å². The number of hydrazone groups is 1. The number of benzene rings is 2. The molecule has 0 unspecified atom stereocenters. The van der Waals surface area contributed by atoms with Gasteiger partial charge in [0, 0.05) is 12.0 Å². The molecule has 3 aromatic rings. The summed E-state index contributed by atoms with van der Waals surface area (Å²) >= 11 is 1.24. The molecule has 0 bridgehead atoms. The van der Waals surface area contributed by atoms with Crippen LogP contribution >= 0.6 is 11.8 Å². The molecule has 28 heavy (non-hydrogen) atoms. The summed E-state index contributed by atoms with van der Waals surface area (Å²) in [5.41, 5.74) is 5.16. The minimum atomic E-state index is -0.0675. The van der Waals surface area contributed by atoms with Gasteiger partial charge in [-0.1, -0.05) is 59.3 Å². The van der Waals surface area contributed by atoms with Crippen molar-refractivity contribution >= 4 is 23.4 Å². The van der Waals surface area contributed by atoms with Crippen molar-refractivity contribution in [2.45, 2.75) is 25.5 Å². The van der Waals surface area contributed by atoms with E-state index in [4.69, 9.17) is 4.42 Å². The van der Waals surface area contributed by atoms with Gasteiger partial charge < -0.3 is 4.42 Å². The highest BCUT2D eigenvalue weighted by molar-refractivity contribution is 7.99. The maximum Gasteiger partial charge on any atom is 0.277 e. The zero-order valence-corrected chi connectivity index (χ0v) is 16.6. The van der Waals surface area contributed by atoms with Gasteiger partial charge in [-0.25, -0.2) is 5.01 Å². The first-order chi connectivity index (χ1) is 13.6. The van der Waals surface area contributed by atoms with E-state index in [2.05, 4.69) is 21.4 Å². The zero-order chi connectivity index (χ0) is 19.5. The number of carbonyl (C=O) groups excluding carboxylic acids is 1. The van der Waals surface area contributed by atoms with Gasteiger partial charge in [-0.15, -0.1) is 10.2 Å². The predicted octanol–water partition coefficient (Wildman–Crippen LogP) is 4.08. The van der Waals surface area contributed by atoms with Gasteiger partial charge in [0.2, 0.25) is 5.89 Å². The van der Waals surface area contributed by atoms with Crippen molar-refractivity contribution in [2.75, 3.05) is 12.3 Å². The molecule has 0 aliphatic carbocycles. The SMILES string of the molecule is Cc1cc(C)cc(-c2nnc(SCC(=O)N3CCC(c4ccccc4)=N3)o2)c1. The van der Waals surface area contributed by atoms with Crippen LogP contribution in [0.25, 0.3) is 11.5 Å². The fourth-order valence-corrected chi connectivity index (χ4v) is 3.78. The number of rotatable bonds is 5. The van der Waals surface area contributed by atoms with Crippen LogP contribution in [0.3, 0.4) is 0 Å². The molecule has 4 rings (SSSR count). The lowest BCUT2D eigenvalue weighted by molar-refractivity contribution is -0.127. The molecular weight excluding hydrogens is 372 g/mol. The zero-order valence-electron chi connectivity index (χ0n) is 15.8. The molecule has 7 heteroatoms. The minimum absolute atomic E-state index is 0.0675. The molecule has 1 amide bonds. The monoisotopic (exact) mass is 392 g/mol. The second-order valence-electron chi connectivity index (χ2n) is 6.72. The van der Waals surface area contributed by atoms with Gasteiger partial charge in [0.15, 0.2) is 0 Å². The maximum atomic E-state index is 12.5. The Labute approximate surface area is 167 Å². The number of aromatic nitrogens is 2. The average molecular weight is 392 g/mol. The Morgan fingerprint density at radius 3 is 2.57 bits per heavy atom. The molecule has 0 spiro atoms. The van der Waals surface area contributed by atoms with Crippen molar-refractivity contribution in [3.63, 3.8) is 0 Å². The largest absolute Gasteiger partial charge is 0.411 e. The Morgan fingerprint density at radius 1 is 1.07 bits per heavy atom. The number of carbonyl (C=O) groups is 1. The molecule has 0 radical (unpaired) electrons. The van der Waals surface area contributed by atoms with Gasteiger partial charge in [0.05, 0.1) is 18.0 Å². The fourth-order valence-electron chi connectivity index (χ4n) is 3.15. The molecule has 0 saturated carbocycles. The molecule has 0 atom stereocenters. The molecule has 1 aromatic heterocycles. The van der Waals surface area contributed by atoms with Crippen molar-refractivity contribution in [3.8, 4) is 11.5 Å². The number of thioether (sulfide) groups is 1. The van der Waals surface area contributed by atoms with Crippen molar-refractivity contribution in [1.29, 1.82) is 0 Å². The summed E-state index contributed by atoms with van der Waals surface area (Å²) in [6, 6.07) is 16.0. The number of amides is 1. The Balaban J connectivity index is 1.38. The molecule has 142 valence electrons. The van der Waals surface area contributed by atoms with E-state index in [9.17, 15) is 4.79 Å². The molecule has 0 saturated heterocycles. The van der Waals surface area contributed by atoms with Crippen LogP contribution in [0.15, 0.2) is 63.3 Å². The molecule has 0 N–H and O–H groups in total. The topological polar surface area (TPSA) is 71.6 Å². The lowest BCUT2D eigenvalue weighted by atomic mass is 10.1. The molecule has 1 aliphatic rings. The Hall–Kier alpha value is -2.93. The maximum absolute atomic E-state index is 12.5. The summed E-state index contributed by atoms with van der Waals surface area (Å²) in [7, 11) is 0. The highest BCUT2D eigenvalue weighted by atomic mass is 32.2. The van der Waals surface area contributed by atoms with Crippen molar-refractivity contribution in [3.05, 3.63) is 65.2 Å². The van der Waals surface area contributed by atoms with Crippen molar-refractivity contribution in [1.82, 2.24) is 15.2 Å². The summed E-state index contributed by atoms with van der Waals surface area (Å²) in [4.78, 5) is 12.5. The fraction of sp³-hybridized carbons (Fsp3) is 0.238. The second-order valence-corrected chi connectivity index (χ2v) is 7.64. The number of hydrogen-bond donors (Lipinski definition) is 0. The molecular formula is C21H20N4O2S. The van der Waals surface area contributed by atoms with Gasteiger partial charge in [0.1, 0.15) is 0 Å². The van der Waals surface area contributed by atoms with E-state index in [1.54, 1.807) is 0 Å². The molecule has 0 fully saturated rings. The van der Waals surface area contributed by atoms with Gasteiger partial charge >= 0.3 is 0 Å². The Bertz CT molecular complexity index is 1010. The lowest BCUT2D eigenvalue weighted by Gasteiger charge is -2.09. The van der Waals surface area contributed by atoms with Gasteiger partial charge in [0.25, 0.3) is 11.1 Å². The third-order valence-corrected chi connectivity index (χ3v) is 5.19. The third-order valence-electron chi connectivity index (χ3n) is 4.39. The number of aryl methyl sites for hydroxylation is 2. The highest BCUT2D eigenvalue weighted by Gasteiger charge is 2.22. The summed E-state index contributed by atoms with van der Waals surface area (Å²) in [5, 5.41) is 14.5. The van der Waals surface area contributed by atoms with Crippen LogP contribution < -0.4 is 0 Å². The van der Waals surface area contributed by atoms with Crippen LogP contribution in [-0.2, 0) is 4.79 Å². The summed E-state index contributed by atoms with van der Waals surface area (Å²) < 4.78 is 5.72. The second kappa shape index (κ2) is 7.98. The van der Waals surface area contributed by atoms with Crippen LogP contribution in [0.1, 0.15) is 23.1 Å². The standard InChI is InChI=1S/C21H20N4O2S/c1-14-10-15(2)12-17(11-14)20-22-23-21(27-20)28-13-19(26)25-9-8-18(24-25)16-6-4-3-5-7-16/h3-7,10-12H,8-9,13H2,1-2H3. The summed E-state index contributed by atoms with van der Waals surface area (Å²) in [6.07, 6.45) is 0.762. The molecule has 2 heterocycles. The molecule has 1 aliphatic heterocycles. The molecule has 2 aromatic carbocycles. The van der Waals surface area contributed by atoms with E-state index in [1.807, 2.05) is 56.3 Å². The summed E-state index contributed by atoms with van der Waals surface area (Å²) in [6.45, 7) is 4.66. The Morgan fingerprint density at radius 2 is 1.82 bits per heavy atom. The molecule has 6 nitrogen and oxygen atoms in total. The van der Waals surface area contributed by atoms with Crippen LogP contribution in [0.5, 0.6) is 0 Å². The quantitative estimate of drug-likeness (QED) is 0.612. The first-order valence-electron chi connectivity index (χ1n) is 9.07. The van der Waals surface area contributed by atoms with Gasteiger partial charge in [-0.2, -0.15) is 5.10 Å². The normalized spacial score (nSPS) is 13.6. The van der Waals surface area contributed by atoms with E-state index >= 15 is 0 Å². The van der Waals surface area contributed by atoms with Gasteiger partial charge in [-0.05, 0) is 31.5 Å². The van der Waals surface area contributed by atoms with E-state index in [0.29, 0.717) is 17.7 Å². The number of hydrogen-bond acceptors (Lipinski definition) is 6. The third kappa shape index (κ3) is 4.14. The van der Waals surface area contributed by atoms with Crippen LogP contribution in [-0.4, -0.2) is 39.1 Å². The van der Waals surface area contributed by atoms with E-state index in [1.165, 1.54) is 16.8 Å². The average Bonchev–Trinajstić information content (AvgIpc) is 3.36. The first kappa shape index (κ1) is 18.4. The summed E-state index contributed by atoms with van der Waals surface area (Å²) in [5.74, 6) is 0.606. The first-order valence-corrected chi connectivity index (χ1v) is 10.1. The predicted molar refractivity (Wildman–Crippen MR) is 109 cm³/mol. The van der Waals surface area contributed by atoms with Gasteiger partial charge in [-0.3, -0.25) is 4.79 Å². The Kier molecular flexibility index (Phi) is 5.25. The van der Waals surface area contributed by atoms with Crippen molar-refractivity contribution < 1.29 is 9.21 Å². The smallest absolute Gasteiger partial charge is 0.277 e. The van der Waals surface area contributed by atoms with Crippen LogP contribution in [0.4, 0.5) is 0 Å². The van der Waals surface area contributed by atoms with Crippen LogP contribution in [0.2, 0.25) is 0 Å². The van der Waals surface area contributed by atoms with E-state index in [0.717, 1.165) is 34.4 Å².